The number of carbonyl (C=O) groups is 2. The first-order chi connectivity index (χ1) is 15.4. The minimum absolute atomic E-state index is 0.0401. The molecule has 0 fully saturated rings. The first-order valence-electron chi connectivity index (χ1n) is 10.7. The minimum Gasteiger partial charge on any atom is -0.350 e. The Morgan fingerprint density at radius 1 is 1.03 bits per heavy atom. The summed E-state index contributed by atoms with van der Waals surface area (Å²) in [6.45, 7) is 6.34. The average molecular weight is 443 g/mol. The maximum absolute atomic E-state index is 13.6. The summed E-state index contributed by atoms with van der Waals surface area (Å²) < 4.78 is 0. The molecule has 0 saturated carbocycles. The first-order valence-corrected chi connectivity index (χ1v) is 11.5. The topological polar surface area (TPSA) is 49.4 Å². The van der Waals surface area contributed by atoms with Crippen LogP contribution in [-0.4, -0.2) is 17.9 Å². The van der Waals surface area contributed by atoms with Crippen molar-refractivity contribution in [3.63, 3.8) is 0 Å². The first kappa shape index (κ1) is 21.9. The van der Waals surface area contributed by atoms with E-state index in [0.717, 1.165) is 27.3 Å². The molecule has 3 aromatic rings. The molecule has 0 aromatic heterocycles. The highest BCUT2D eigenvalue weighted by Crippen LogP contribution is 2.43. The van der Waals surface area contributed by atoms with Crippen LogP contribution in [0.1, 0.15) is 40.9 Å². The van der Waals surface area contributed by atoms with Crippen molar-refractivity contribution in [1.29, 1.82) is 0 Å². The van der Waals surface area contributed by atoms with Gasteiger partial charge in [0.2, 0.25) is 0 Å². The van der Waals surface area contributed by atoms with Crippen LogP contribution >= 0.6 is 11.8 Å². The Kier molecular flexibility index (Phi) is 6.47. The van der Waals surface area contributed by atoms with Gasteiger partial charge in [0, 0.05) is 16.5 Å². The molecule has 2 amide bonds. The monoisotopic (exact) mass is 442 g/mol. The Morgan fingerprint density at radius 2 is 1.81 bits per heavy atom. The number of aryl methyl sites for hydroxylation is 1. The molecule has 0 aliphatic carbocycles. The largest absolute Gasteiger partial charge is 0.350 e. The summed E-state index contributed by atoms with van der Waals surface area (Å²) in [4.78, 5) is 29.6. The van der Waals surface area contributed by atoms with E-state index in [1.165, 1.54) is 11.8 Å². The number of hydrogen-bond acceptors (Lipinski definition) is 3. The van der Waals surface area contributed by atoms with E-state index in [2.05, 4.69) is 11.4 Å². The number of thioether (sulfide) groups is 1. The smallest absolute Gasteiger partial charge is 0.265 e. The van der Waals surface area contributed by atoms with Crippen LogP contribution in [0.4, 0.5) is 5.69 Å². The summed E-state index contributed by atoms with van der Waals surface area (Å²) >= 11 is 1.45. The van der Waals surface area contributed by atoms with Crippen LogP contribution in [-0.2, 0) is 11.3 Å². The van der Waals surface area contributed by atoms with E-state index in [-0.39, 0.29) is 17.9 Å². The van der Waals surface area contributed by atoms with E-state index in [0.29, 0.717) is 17.0 Å². The van der Waals surface area contributed by atoms with Crippen molar-refractivity contribution in [2.75, 3.05) is 4.90 Å². The lowest BCUT2D eigenvalue weighted by atomic mass is 10.1. The quantitative estimate of drug-likeness (QED) is 0.507. The van der Waals surface area contributed by atoms with Crippen LogP contribution in [0.2, 0.25) is 0 Å². The molecule has 5 heteroatoms. The van der Waals surface area contributed by atoms with Crippen LogP contribution in [0, 0.1) is 6.92 Å². The van der Waals surface area contributed by atoms with Crippen molar-refractivity contribution in [3.05, 3.63) is 100.0 Å². The van der Waals surface area contributed by atoms with Gasteiger partial charge < -0.3 is 10.2 Å². The molecule has 3 aromatic carbocycles. The fourth-order valence-corrected chi connectivity index (χ4v) is 4.69. The van der Waals surface area contributed by atoms with Gasteiger partial charge in [0.25, 0.3) is 11.8 Å². The van der Waals surface area contributed by atoms with E-state index in [1.807, 2.05) is 93.6 Å². The fourth-order valence-electron chi connectivity index (χ4n) is 3.65. The number of rotatable bonds is 5. The van der Waals surface area contributed by atoms with Gasteiger partial charge in [-0.2, -0.15) is 0 Å². The maximum Gasteiger partial charge on any atom is 0.265 e. The molecule has 0 spiro atoms. The molecular weight excluding hydrogens is 416 g/mol. The minimum atomic E-state index is -0.138. The zero-order valence-electron chi connectivity index (χ0n) is 18.5. The average Bonchev–Trinajstić information content (AvgIpc) is 2.76. The number of hydrogen-bond donors (Lipinski definition) is 1. The molecule has 1 aliphatic heterocycles. The number of carbonyl (C=O) groups excluding carboxylic acids is 2. The maximum atomic E-state index is 13.6. The number of benzene rings is 3. The van der Waals surface area contributed by atoms with Gasteiger partial charge in [-0.3, -0.25) is 9.59 Å². The van der Waals surface area contributed by atoms with Gasteiger partial charge in [0.1, 0.15) is 0 Å². The van der Waals surface area contributed by atoms with Crippen molar-refractivity contribution >= 4 is 35.3 Å². The number of nitrogens with one attached hydrogen (secondary N) is 1. The van der Waals surface area contributed by atoms with E-state index in [9.17, 15) is 9.59 Å². The summed E-state index contributed by atoms with van der Waals surface area (Å²) in [5.41, 5.74) is 4.49. The predicted molar refractivity (Wildman–Crippen MR) is 132 cm³/mol. The molecule has 4 rings (SSSR count). The molecule has 4 nitrogen and oxygen atoms in total. The van der Waals surface area contributed by atoms with Crippen molar-refractivity contribution in [1.82, 2.24) is 5.32 Å². The van der Waals surface area contributed by atoms with E-state index in [1.54, 1.807) is 4.90 Å². The second kappa shape index (κ2) is 9.45. The Morgan fingerprint density at radius 3 is 2.53 bits per heavy atom. The zero-order valence-corrected chi connectivity index (χ0v) is 19.3. The normalized spacial score (nSPS) is 14.6. The Bertz CT molecular complexity index is 1190. The van der Waals surface area contributed by atoms with Gasteiger partial charge in [-0.15, -0.1) is 0 Å². The number of fused-ring (bicyclic) bond motifs is 1. The van der Waals surface area contributed by atoms with Gasteiger partial charge in [-0.05, 0) is 56.2 Å². The summed E-state index contributed by atoms with van der Waals surface area (Å²) in [6.07, 6.45) is 1.93. The number of amides is 2. The summed E-state index contributed by atoms with van der Waals surface area (Å²) in [5.74, 6) is -0.198. The summed E-state index contributed by atoms with van der Waals surface area (Å²) in [6, 6.07) is 23.6. The second-order valence-electron chi connectivity index (χ2n) is 8.21. The molecule has 0 unspecified atom stereocenters. The molecular formula is C27H26N2O2S. The summed E-state index contributed by atoms with van der Waals surface area (Å²) in [7, 11) is 0. The third-order valence-electron chi connectivity index (χ3n) is 5.13. The van der Waals surface area contributed by atoms with Crippen LogP contribution in [0.5, 0.6) is 0 Å². The van der Waals surface area contributed by atoms with Crippen molar-refractivity contribution in [2.24, 2.45) is 0 Å². The van der Waals surface area contributed by atoms with Crippen LogP contribution in [0.15, 0.2) is 82.6 Å². The number of nitrogens with zero attached hydrogens (tertiary/aromatic N) is 1. The molecule has 0 saturated heterocycles. The molecule has 0 radical (unpaired) electrons. The second-order valence-corrected chi connectivity index (χ2v) is 9.30. The zero-order chi connectivity index (χ0) is 22.7. The molecule has 1 aliphatic rings. The van der Waals surface area contributed by atoms with Crippen molar-refractivity contribution in [3.8, 4) is 0 Å². The van der Waals surface area contributed by atoms with Crippen LogP contribution in [0.3, 0.4) is 0 Å². The molecule has 0 bridgehead atoms. The molecule has 0 atom stereocenters. The van der Waals surface area contributed by atoms with Gasteiger partial charge in [0.15, 0.2) is 0 Å². The molecule has 32 heavy (non-hydrogen) atoms. The van der Waals surface area contributed by atoms with Gasteiger partial charge in [0.05, 0.1) is 17.1 Å². The lowest BCUT2D eigenvalue weighted by Crippen LogP contribution is -2.34. The fraction of sp³-hybridized carbons (Fsp3) is 0.185. The standard InChI is InChI=1S/C27H26N2O2S/c1-18(2)28-26(30)22-12-13-24-23(16-22)29(17-21-11-7-8-19(3)14-21)27(31)25(32-24)15-20-9-5-4-6-10-20/h4-16,18H,17H2,1-3H3,(H,28,30). The molecule has 1 heterocycles. The van der Waals surface area contributed by atoms with E-state index >= 15 is 0 Å². The van der Waals surface area contributed by atoms with E-state index in [4.69, 9.17) is 0 Å². The third kappa shape index (κ3) is 4.94. The summed E-state index contributed by atoms with van der Waals surface area (Å²) in [5, 5.41) is 2.93. The van der Waals surface area contributed by atoms with Gasteiger partial charge in [-0.25, -0.2) is 0 Å². The third-order valence-corrected chi connectivity index (χ3v) is 6.21. The predicted octanol–water partition coefficient (Wildman–Crippen LogP) is 5.81. The Labute approximate surface area is 193 Å². The lowest BCUT2D eigenvalue weighted by molar-refractivity contribution is -0.114. The molecule has 162 valence electrons. The van der Waals surface area contributed by atoms with Crippen molar-refractivity contribution in [2.45, 2.75) is 38.3 Å². The molecule has 1 N–H and O–H groups in total. The Hall–Kier alpha value is -3.31. The highest BCUT2D eigenvalue weighted by Gasteiger charge is 2.30. The highest BCUT2D eigenvalue weighted by molar-refractivity contribution is 8.04. The number of anilines is 1. The van der Waals surface area contributed by atoms with E-state index < -0.39 is 0 Å². The van der Waals surface area contributed by atoms with Gasteiger partial charge >= 0.3 is 0 Å². The van der Waals surface area contributed by atoms with Crippen LogP contribution in [0.25, 0.3) is 6.08 Å². The van der Waals surface area contributed by atoms with Crippen LogP contribution < -0.4 is 10.2 Å². The van der Waals surface area contributed by atoms with Gasteiger partial charge in [-0.1, -0.05) is 71.9 Å². The Balaban J connectivity index is 1.76. The SMILES string of the molecule is Cc1cccc(CN2C(=O)C(=Cc3ccccc3)Sc3ccc(C(=O)NC(C)C)cc32)c1. The van der Waals surface area contributed by atoms with Crippen molar-refractivity contribution < 1.29 is 9.59 Å². The lowest BCUT2D eigenvalue weighted by Gasteiger charge is -2.31. The highest BCUT2D eigenvalue weighted by atomic mass is 32.2.